The van der Waals surface area contributed by atoms with Crippen molar-refractivity contribution in [3.8, 4) is 0 Å². The second-order valence-electron chi connectivity index (χ2n) is 5.35. The monoisotopic (exact) mass is 251 g/mol. The molecule has 1 aromatic heterocycles. The largest absolute Gasteiger partial charge is 0.375 e. The summed E-state index contributed by atoms with van der Waals surface area (Å²) < 4.78 is 5.54. The maximum atomic E-state index is 11.3. The minimum absolute atomic E-state index is 0.259. The van der Waals surface area contributed by atoms with E-state index in [1.54, 1.807) is 12.1 Å². The zero-order valence-electron chi connectivity index (χ0n) is 11.2. The van der Waals surface area contributed by atoms with Gasteiger partial charge in [0, 0.05) is 6.61 Å². The standard InChI is InChI=1S/C13H21N3O2/c1-13(2,3)7-8-18-9-10-5-4-6-11(15-10)12(17)16-14/h4-6H,7-9,14H2,1-3H3,(H,16,17). The number of amides is 1. The third-order valence-corrected chi connectivity index (χ3v) is 2.42. The van der Waals surface area contributed by atoms with Crippen molar-refractivity contribution in [2.24, 2.45) is 11.3 Å². The van der Waals surface area contributed by atoms with Crippen molar-refractivity contribution >= 4 is 5.91 Å². The van der Waals surface area contributed by atoms with Crippen LogP contribution < -0.4 is 11.3 Å². The molecule has 1 rings (SSSR count). The molecule has 0 aromatic carbocycles. The van der Waals surface area contributed by atoms with E-state index in [2.05, 4.69) is 31.2 Å². The van der Waals surface area contributed by atoms with E-state index in [1.807, 2.05) is 6.07 Å². The van der Waals surface area contributed by atoms with Crippen molar-refractivity contribution in [2.45, 2.75) is 33.8 Å². The van der Waals surface area contributed by atoms with Crippen LogP contribution in [0.5, 0.6) is 0 Å². The van der Waals surface area contributed by atoms with Gasteiger partial charge in [-0.3, -0.25) is 10.2 Å². The van der Waals surface area contributed by atoms with Crippen molar-refractivity contribution in [1.29, 1.82) is 0 Å². The lowest BCUT2D eigenvalue weighted by Crippen LogP contribution is -2.30. The van der Waals surface area contributed by atoms with Crippen molar-refractivity contribution in [2.75, 3.05) is 6.61 Å². The average Bonchev–Trinajstić information content (AvgIpc) is 2.33. The molecule has 0 unspecified atom stereocenters. The van der Waals surface area contributed by atoms with Gasteiger partial charge in [-0.15, -0.1) is 0 Å². The Kier molecular flexibility index (Phi) is 5.25. The molecule has 3 N–H and O–H groups in total. The van der Waals surface area contributed by atoms with E-state index in [0.717, 1.165) is 12.1 Å². The summed E-state index contributed by atoms with van der Waals surface area (Å²) in [6, 6.07) is 5.20. The van der Waals surface area contributed by atoms with E-state index in [4.69, 9.17) is 10.6 Å². The molecule has 5 heteroatoms. The van der Waals surface area contributed by atoms with Crippen LogP contribution in [0.25, 0.3) is 0 Å². The van der Waals surface area contributed by atoms with Crippen molar-refractivity contribution < 1.29 is 9.53 Å². The van der Waals surface area contributed by atoms with Crippen LogP contribution >= 0.6 is 0 Å². The number of hydrazine groups is 1. The normalized spacial score (nSPS) is 11.3. The number of ether oxygens (including phenoxy) is 1. The molecule has 100 valence electrons. The summed E-state index contributed by atoms with van der Waals surface area (Å²) >= 11 is 0. The van der Waals surface area contributed by atoms with Gasteiger partial charge in [-0.1, -0.05) is 26.8 Å². The third-order valence-electron chi connectivity index (χ3n) is 2.42. The molecule has 0 aliphatic heterocycles. The number of aromatic nitrogens is 1. The Hall–Kier alpha value is -1.46. The summed E-state index contributed by atoms with van der Waals surface area (Å²) in [6.45, 7) is 7.59. The Labute approximate surface area is 108 Å². The molecule has 5 nitrogen and oxygen atoms in total. The van der Waals surface area contributed by atoms with E-state index in [0.29, 0.717) is 18.9 Å². The maximum absolute atomic E-state index is 11.3. The highest BCUT2D eigenvalue weighted by molar-refractivity contribution is 5.91. The van der Waals surface area contributed by atoms with Crippen molar-refractivity contribution in [3.63, 3.8) is 0 Å². The first-order valence-electron chi connectivity index (χ1n) is 5.97. The number of rotatable bonds is 5. The first-order chi connectivity index (χ1) is 8.42. The summed E-state index contributed by atoms with van der Waals surface area (Å²) in [7, 11) is 0. The Morgan fingerprint density at radius 3 is 2.78 bits per heavy atom. The highest BCUT2D eigenvalue weighted by Crippen LogP contribution is 2.18. The molecule has 0 saturated carbocycles. The van der Waals surface area contributed by atoms with Gasteiger partial charge in [-0.05, 0) is 24.0 Å². The van der Waals surface area contributed by atoms with Crippen LogP contribution in [0.2, 0.25) is 0 Å². The van der Waals surface area contributed by atoms with Crippen molar-refractivity contribution in [3.05, 3.63) is 29.6 Å². The second-order valence-corrected chi connectivity index (χ2v) is 5.35. The molecule has 18 heavy (non-hydrogen) atoms. The quantitative estimate of drug-likeness (QED) is 0.361. The second kappa shape index (κ2) is 6.47. The molecule has 1 heterocycles. The van der Waals surface area contributed by atoms with Gasteiger partial charge in [0.2, 0.25) is 0 Å². The molecule has 0 spiro atoms. The number of hydrogen-bond acceptors (Lipinski definition) is 4. The van der Waals surface area contributed by atoms with Gasteiger partial charge in [0.15, 0.2) is 0 Å². The van der Waals surface area contributed by atoms with Crippen LogP contribution in [0.15, 0.2) is 18.2 Å². The molecular formula is C13H21N3O2. The summed E-state index contributed by atoms with van der Waals surface area (Å²) in [5.41, 5.74) is 3.34. The smallest absolute Gasteiger partial charge is 0.283 e. The van der Waals surface area contributed by atoms with Gasteiger partial charge in [0.1, 0.15) is 5.69 Å². The van der Waals surface area contributed by atoms with E-state index in [1.165, 1.54) is 0 Å². The molecule has 0 aliphatic carbocycles. The number of pyridine rings is 1. The third kappa shape index (κ3) is 5.25. The van der Waals surface area contributed by atoms with Gasteiger partial charge < -0.3 is 4.74 Å². The molecule has 0 radical (unpaired) electrons. The Bertz CT molecular complexity index is 399. The fourth-order valence-corrected chi connectivity index (χ4v) is 1.32. The first-order valence-corrected chi connectivity index (χ1v) is 5.97. The van der Waals surface area contributed by atoms with Crippen LogP contribution in [-0.2, 0) is 11.3 Å². The number of nitrogen functional groups attached to an aromatic ring is 1. The van der Waals surface area contributed by atoms with Crippen LogP contribution in [0.4, 0.5) is 0 Å². The van der Waals surface area contributed by atoms with Gasteiger partial charge >= 0.3 is 0 Å². The van der Waals surface area contributed by atoms with E-state index >= 15 is 0 Å². The molecule has 0 aliphatic rings. The van der Waals surface area contributed by atoms with Gasteiger partial charge in [0.05, 0.1) is 12.3 Å². The predicted molar refractivity (Wildman–Crippen MR) is 69.6 cm³/mol. The summed E-state index contributed by atoms with van der Waals surface area (Å²) in [6.07, 6.45) is 0.982. The fraction of sp³-hybridized carbons (Fsp3) is 0.538. The lowest BCUT2D eigenvalue weighted by atomic mass is 9.93. The maximum Gasteiger partial charge on any atom is 0.283 e. The van der Waals surface area contributed by atoms with Crippen LogP contribution in [-0.4, -0.2) is 17.5 Å². The number of nitrogens with one attached hydrogen (secondary N) is 1. The van der Waals surface area contributed by atoms with Gasteiger partial charge in [0.25, 0.3) is 5.91 Å². The predicted octanol–water partition coefficient (Wildman–Crippen LogP) is 1.64. The molecule has 0 saturated heterocycles. The average molecular weight is 251 g/mol. The lowest BCUT2D eigenvalue weighted by molar-refractivity contribution is 0.0922. The number of carbonyl (C=O) groups is 1. The minimum atomic E-state index is -0.397. The van der Waals surface area contributed by atoms with Gasteiger partial charge in [-0.25, -0.2) is 10.8 Å². The Morgan fingerprint density at radius 1 is 1.44 bits per heavy atom. The van der Waals surface area contributed by atoms with E-state index in [9.17, 15) is 4.79 Å². The SMILES string of the molecule is CC(C)(C)CCOCc1cccc(C(=O)NN)n1. The highest BCUT2D eigenvalue weighted by atomic mass is 16.5. The molecule has 0 fully saturated rings. The number of carbonyl (C=O) groups excluding carboxylic acids is 1. The first kappa shape index (κ1) is 14.6. The zero-order chi connectivity index (χ0) is 13.6. The highest BCUT2D eigenvalue weighted by Gasteiger charge is 2.10. The summed E-state index contributed by atoms with van der Waals surface area (Å²) in [4.78, 5) is 15.4. The number of hydrogen-bond donors (Lipinski definition) is 2. The molecule has 0 atom stereocenters. The Balaban J connectivity index is 2.45. The molecule has 1 aromatic rings. The Morgan fingerprint density at radius 2 is 2.17 bits per heavy atom. The fourth-order valence-electron chi connectivity index (χ4n) is 1.32. The number of nitrogens with two attached hydrogens (primary N) is 1. The minimum Gasteiger partial charge on any atom is -0.375 e. The van der Waals surface area contributed by atoms with E-state index in [-0.39, 0.29) is 5.41 Å². The van der Waals surface area contributed by atoms with Crippen LogP contribution in [0, 0.1) is 5.41 Å². The topological polar surface area (TPSA) is 77.2 Å². The molecule has 1 amide bonds. The molecule has 0 bridgehead atoms. The van der Waals surface area contributed by atoms with Crippen LogP contribution in [0.3, 0.4) is 0 Å². The molecular weight excluding hydrogens is 230 g/mol. The summed E-state index contributed by atoms with van der Waals surface area (Å²) in [5.74, 6) is 4.66. The van der Waals surface area contributed by atoms with E-state index < -0.39 is 5.91 Å². The number of nitrogens with zero attached hydrogens (tertiary/aromatic N) is 1. The van der Waals surface area contributed by atoms with Crippen molar-refractivity contribution in [1.82, 2.24) is 10.4 Å². The summed E-state index contributed by atoms with van der Waals surface area (Å²) in [5, 5.41) is 0. The van der Waals surface area contributed by atoms with Gasteiger partial charge in [-0.2, -0.15) is 0 Å². The zero-order valence-corrected chi connectivity index (χ0v) is 11.2. The van der Waals surface area contributed by atoms with Crippen LogP contribution in [0.1, 0.15) is 43.4 Å². The lowest BCUT2D eigenvalue weighted by Gasteiger charge is -2.17.